The van der Waals surface area contributed by atoms with Crippen LogP contribution in [0.3, 0.4) is 0 Å². The Morgan fingerprint density at radius 2 is 2.27 bits per heavy atom. The lowest BCUT2D eigenvalue weighted by molar-refractivity contribution is -0.119. The number of nitrogens with zero attached hydrogens (tertiary/aromatic N) is 3. The Balaban J connectivity index is 1.36. The average Bonchev–Trinajstić information content (AvgIpc) is 3.39. The maximum atomic E-state index is 11.9. The Hall–Kier alpha value is -2.32. The highest BCUT2D eigenvalue weighted by Gasteiger charge is 2.18. The zero-order chi connectivity index (χ0) is 17.9. The van der Waals surface area contributed by atoms with Crippen LogP contribution in [0, 0.1) is 0 Å². The number of benzene rings is 1. The van der Waals surface area contributed by atoms with Crippen LogP contribution in [-0.2, 0) is 16.6 Å². The van der Waals surface area contributed by atoms with Crippen LogP contribution in [0.4, 0.5) is 0 Å². The maximum Gasteiger partial charge on any atom is 0.277 e. The van der Waals surface area contributed by atoms with Gasteiger partial charge in [0.15, 0.2) is 0 Å². The van der Waals surface area contributed by atoms with Gasteiger partial charge in [0, 0.05) is 31.1 Å². The molecule has 1 atom stereocenters. The Kier molecular flexibility index (Phi) is 4.94. The lowest BCUT2D eigenvalue weighted by Crippen LogP contribution is -2.32. The number of thioether (sulfide) groups is 1. The van der Waals surface area contributed by atoms with Crippen LogP contribution in [-0.4, -0.2) is 45.7 Å². The van der Waals surface area contributed by atoms with E-state index in [0.717, 1.165) is 36.0 Å². The van der Waals surface area contributed by atoms with Gasteiger partial charge in [0.05, 0.1) is 11.9 Å². The van der Waals surface area contributed by atoms with Crippen molar-refractivity contribution in [2.45, 2.75) is 24.2 Å². The number of fused-ring (bicyclic) bond motifs is 1. The van der Waals surface area contributed by atoms with Crippen molar-refractivity contribution in [1.82, 2.24) is 20.1 Å². The molecule has 0 aliphatic carbocycles. The van der Waals surface area contributed by atoms with Gasteiger partial charge in [0.2, 0.25) is 5.91 Å². The van der Waals surface area contributed by atoms with Crippen LogP contribution in [0.25, 0.3) is 22.5 Å². The fourth-order valence-electron chi connectivity index (χ4n) is 3.08. The van der Waals surface area contributed by atoms with E-state index in [0.29, 0.717) is 17.7 Å². The van der Waals surface area contributed by atoms with Crippen LogP contribution in [0.2, 0.25) is 0 Å². The van der Waals surface area contributed by atoms with Crippen molar-refractivity contribution in [3.8, 4) is 11.6 Å². The number of aryl methyl sites for hydroxylation is 1. The minimum Gasteiger partial charge on any atom is -0.410 e. The summed E-state index contributed by atoms with van der Waals surface area (Å²) in [6.07, 6.45) is 2.21. The molecule has 8 heteroatoms. The van der Waals surface area contributed by atoms with Crippen LogP contribution in [0.5, 0.6) is 0 Å². The number of rotatable bonds is 6. The van der Waals surface area contributed by atoms with Crippen molar-refractivity contribution < 1.29 is 13.9 Å². The average molecular weight is 372 g/mol. The summed E-state index contributed by atoms with van der Waals surface area (Å²) in [5.41, 5.74) is 1.96. The lowest BCUT2D eigenvalue weighted by atomic mass is 10.2. The van der Waals surface area contributed by atoms with E-state index < -0.39 is 0 Å². The van der Waals surface area contributed by atoms with Crippen LogP contribution in [0.15, 0.2) is 40.0 Å². The molecule has 1 aromatic carbocycles. The van der Waals surface area contributed by atoms with E-state index in [9.17, 15) is 4.79 Å². The predicted molar refractivity (Wildman–Crippen MR) is 98.9 cm³/mol. The summed E-state index contributed by atoms with van der Waals surface area (Å²) in [5.74, 6) is 0.629. The molecular formula is C18H20N4O3S. The molecule has 4 rings (SSSR count). The van der Waals surface area contributed by atoms with Gasteiger partial charge in [0.25, 0.3) is 11.1 Å². The molecule has 1 amide bonds. The van der Waals surface area contributed by atoms with Gasteiger partial charge in [-0.25, -0.2) is 0 Å². The Morgan fingerprint density at radius 3 is 3.08 bits per heavy atom. The topological polar surface area (TPSA) is 82.2 Å². The molecule has 0 bridgehead atoms. The molecule has 0 radical (unpaired) electrons. The second-order valence-corrected chi connectivity index (χ2v) is 7.17. The van der Waals surface area contributed by atoms with Crippen molar-refractivity contribution in [2.75, 3.05) is 18.9 Å². The maximum absolute atomic E-state index is 11.9. The van der Waals surface area contributed by atoms with Gasteiger partial charge >= 0.3 is 0 Å². The first kappa shape index (κ1) is 17.1. The third-order valence-electron chi connectivity index (χ3n) is 4.45. The minimum atomic E-state index is -0.0603. The van der Waals surface area contributed by atoms with Crippen molar-refractivity contribution in [3.05, 3.63) is 30.3 Å². The van der Waals surface area contributed by atoms with E-state index in [1.54, 1.807) is 0 Å². The quantitative estimate of drug-likeness (QED) is 0.670. The summed E-state index contributed by atoms with van der Waals surface area (Å²) in [4.78, 5) is 11.9. The highest BCUT2D eigenvalue weighted by Crippen LogP contribution is 2.28. The summed E-state index contributed by atoms with van der Waals surface area (Å²) in [6.45, 7) is 1.35. The summed E-state index contributed by atoms with van der Waals surface area (Å²) < 4.78 is 13.2. The van der Waals surface area contributed by atoms with E-state index in [-0.39, 0.29) is 17.8 Å². The van der Waals surface area contributed by atoms with E-state index in [4.69, 9.17) is 9.15 Å². The number of carbonyl (C=O) groups is 1. The molecule has 26 heavy (non-hydrogen) atoms. The Labute approximate surface area is 155 Å². The number of para-hydroxylation sites is 1. The van der Waals surface area contributed by atoms with Gasteiger partial charge < -0.3 is 19.0 Å². The molecule has 1 aliphatic rings. The number of nitrogens with one attached hydrogen (secondary N) is 1. The third-order valence-corrected chi connectivity index (χ3v) is 5.27. The fourth-order valence-corrected chi connectivity index (χ4v) is 3.67. The SMILES string of the molecule is Cn1c(-c2nnc(SCC(=O)NC[C@H]3CCCO3)o2)cc2ccccc21. The van der Waals surface area contributed by atoms with Gasteiger partial charge in [-0.05, 0) is 25.0 Å². The number of hydrogen-bond donors (Lipinski definition) is 1. The second kappa shape index (κ2) is 7.51. The number of ether oxygens (including phenoxy) is 1. The predicted octanol–water partition coefficient (Wildman–Crippen LogP) is 2.62. The van der Waals surface area contributed by atoms with Crippen molar-refractivity contribution in [2.24, 2.45) is 7.05 Å². The van der Waals surface area contributed by atoms with Crippen LogP contribution >= 0.6 is 11.8 Å². The molecule has 3 aromatic rings. The Morgan fingerprint density at radius 1 is 1.38 bits per heavy atom. The number of hydrogen-bond acceptors (Lipinski definition) is 6. The van der Waals surface area contributed by atoms with Crippen molar-refractivity contribution >= 4 is 28.6 Å². The van der Waals surface area contributed by atoms with E-state index in [2.05, 4.69) is 15.5 Å². The summed E-state index contributed by atoms with van der Waals surface area (Å²) in [7, 11) is 1.97. The molecule has 136 valence electrons. The summed E-state index contributed by atoms with van der Waals surface area (Å²) in [6, 6.07) is 10.1. The molecule has 0 spiro atoms. The van der Waals surface area contributed by atoms with Gasteiger partial charge in [-0.3, -0.25) is 4.79 Å². The normalized spacial score (nSPS) is 17.0. The monoisotopic (exact) mass is 372 g/mol. The lowest BCUT2D eigenvalue weighted by Gasteiger charge is -2.09. The number of carbonyl (C=O) groups excluding carboxylic acids is 1. The first-order valence-corrected chi connectivity index (χ1v) is 9.59. The van der Waals surface area contributed by atoms with Gasteiger partial charge in [-0.2, -0.15) is 0 Å². The molecule has 0 unspecified atom stereocenters. The Bertz CT molecular complexity index is 914. The molecule has 0 saturated carbocycles. The van der Waals surface area contributed by atoms with Gasteiger partial charge in [-0.15, -0.1) is 10.2 Å². The molecule has 2 aromatic heterocycles. The first-order chi connectivity index (χ1) is 12.7. The standard InChI is InChI=1S/C18H20N4O3S/c1-22-14-7-3-2-5-12(14)9-15(22)17-20-21-18(25-17)26-11-16(23)19-10-13-6-4-8-24-13/h2-3,5,7,9,13H,4,6,8,10-11H2,1H3,(H,19,23)/t13-/m1/s1. The molecule has 1 saturated heterocycles. The first-order valence-electron chi connectivity index (χ1n) is 8.60. The van der Waals surface area contributed by atoms with Crippen molar-refractivity contribution in [3.63, 3.8) is 0 Å². The van der Waals surface area contributed by atoms with Crippen LogP contribution in [0.1, 0.15) is 12.8 Å². The fraction of sp³-hybridized carbons (Fsp3) is 0.389. The van der Waals surface area contributed by atoms with Gasteiger partial charge in [0.1, 0.15) is 5.69 Å². The van der Waals surface area contributed by atoms with Gasteiger partial charge in [-0.1, -0.05) is 30.0 Å². The molecule has 7 nitrogen and oxygen atoms in total. The van der Waals surface area contributed by atoms with Crippen molar-refractivity contribution in [1.29, 1.82) is 0 Å². The summed E-state index contributed by atoms with van der Waals surface area (Å²) >= 11 is 1.24. The largest absolute Gasteiger partial charge is 0.410 e. The van der Waals surface area contributed by atoms with E-state index in [1.165, 1.54) is 11.8 Å². The zero-order valence-corrected chi connectivity index (χ0v) is 15.3. The summed E-state index contributed by atoms with van der Waals surface area (Å²) in [5, 5.41) is 12.5. The minimum absolute atomic E-state index is 0.0603. The highest BCUT2D eigenvalue weighted by atomic mass is 32.2. The number of amides is 1. The molecular weight excluding hydrogens is 352 g/mol. The van der Waals surface area contributed by atoms with E-state index >= 15 is 0 Å². The highest BCUT2D eigenvalue weighted by molar-refractivity contribution is 7.99. The third kappa shape index (κ3) is 3.61. The number of aromatic nitrogens is 3. The smallest absolute Gasteiger partial charge is 0.277 e. The van der Waals surface area contributed by atoms with E-state index in [1.807, 2.05) is 41.9 Å². The zero-order valence-electron chi connectivity index (χ0n) is 14.5. The molecule has 1 fully saturated rings. The molecule has 1 aliphatic heterocycles. The molecule has 3 heterocycles. The van der Waals surface area contributed by atoms with Crippen LogP contribution < -0.4 is 5.32 Å². The molecule has 1 N–H and O–H groups in total. The second-order valence-electron chi connectivity index (χ2n) is 6.25.